The molecule has 0 saturated heterocycles. The van der Waals surface area contributed by atoms with Gasteiger partial charge in [0.1, 0.15) is 12.4 Å². The van der Waals surface area contributed by atoms with Crippen molar-refractivity contribution in [2.24, 2.45) is 29.1 Å². The molecule has 2 amide bonds. The van der Waals surface area contributed by atoms with E-state index in [-0.39, 0.29) is 59.4 Å². The lowest BCUT2D eigenvalue weighted by Crippen LogP contribution is -2.58. The number of amides is 2. The molecule has 2 fully saturated rings. The highest BCUT2D eigenvalue weighted by atomic mass is 19.1. The fourth-order valence-electron chi connectivity index (χ4n) is 6.02. The fraction of sp³-hybridized carbons (Fsp3) is 0.680. The zero-order valence-electron chi connectivity index (χ0n) is 19.6. The van der Waals surface area contributed by atoms with Crippen LogP contribution in [-0.2, 0) is 20.9 Å². The quantitative estimate of drug-likeness (QED) is 0.598. The van der Waals surface area contributed by atoms with Gasteiger partial charge in [0, 0.05) is 25.6 Å². The lowest BCUT2D eigenvalue weighted by atomic mass is 9.51. The Morgan fingerprint density at radius 2 is 1.91 bits per heavy atom. The molecule has 2 saturated carbocycles. The first-order valence-corrected chi connectivity index (χ1v) is 11.6. The molecule has 7 atom stereocenters. The largest absolute Gasteiger partial charge is 0.392 e. The Bertz CT molecular complexity index is 802. The number of nitrogens with one attached hydrogen (secondary N) is 2. The molecule has 7 heteroatoms. The number of ether oxygens (including phenoxy) is 1. The first kappa shape index (κ1) is 24.6. The van der Waals surface area contributed by atoms with Crippen molar-refractivity contribution in [1.82, 2.24) is 10.6 Å². The smallest absolute Gasteiger partial charge is 0.246 e. The fourth-order valence-corrected chi connectivity index (χ4v) is 6.02. The summed E-state index contributed by atoms with van der Waals surface area (Å²) in [5.74, 6) is -0.918. The molecule has 32 heavy (non-hydrogen) atoms. The summed E-state index contributed by atoms with van der Waals surface area (Å²) in [7, 11) is 1.50. The van der Waals surface area contributed by atoms with Gasteiger partial charge in [0.25, 0.3) is 0 Å². The number of rotatable bonds is 7. The predicted octanol–water partition coefficient (Wildman–Crippen LogP) is 3.03. The zero-order chi connectivity index (χ0) is 23.5. The summed E-state index contributed by atoms with van der Waals surface area (Å²) in [6.07, 6.45) is 2.96. The molecule has 178 valence electrons. The second kappa shape index (κ2) is 10.3. The number of aliphatic hydroxyl groups is 1. The van der Waals surface area contributed by atoms with Crippen LogP contribution in [0, 0.1) is 34.9 Å². The third-order valence-electron chi connectivity index (χ3n) is 7.95. The standard InChI is InChI=1S/C25H37FN2O4/c1-15(24(31)27-13-17-5-7-18(26)8-6-17)19-9-11-25(3)12-10-20(28-21(29)14-32-4)16(2)22(25)23(19)30/h5-8,15-16,19-20,22-23,30H,9-14H2,1-4H3,(H,27,31)(H,28,29)/t15-,16+,19-,20-,22+,23-,25-/m0/s1. The number of hydrogen-bond acceptors (Lipinski definition) is 4. The van der Waals surface area contributed by atoms with Crippen LogP contribution in [0.4, 0.5) is 4.39 Å². The summed E-state index contributed by atoms with van der Waals surface area (Å²) < 4.78 is 18.0. The van der Waals surface area contributed by atoms with Gasteiger partial charge < -0.3 is 20.5 Å². The summed E-state index contributed by atoms with van der Waals surface area (Å²) in [6.45, 7) is 6.58. The van der Waals surface area contributed by atoms with Gasteiger partial charge in [0.05, 0.1) is 6.10 Å². The predicted molar refractivity (Wildman–Crippen MR) is 120 cm³/mol. The Morgan fingerprint density at radius 1 is 1.25 bits per heavy atom. The summed E-state index contributed by atoms with van der Waals surface area (Å²) in [6, 6.07) is 6.06. The normalized spacial score (nSPS) is 33.1. The van der Waals surface area contributed by atoms with Gasteiger partial charge in [-0.15, -0.1) is 0 Å². The highest BCUT2D eigenvalue weighted by Gasteiger charge is 2.53. The third-order valence-corrected chi connectivity index (χ3v) is 7.95. The molecule has 3 N–H and O–H groups in total. The van der Waals surface area contributed by atoms with E-state index < -0.39 is 6.10 Å². The zero-order valence-corrected chi connectivity index (χ0v) is 19.6. The van der Waals surface area contributed by atoms with Gasteiger partial charge in [-0.1, -0.05) is 32.9 Å². The van der Waals surface area contributed by atoms with Crippen LogP contribution in [0.5, 0.6) is 0 Å². The molecule has 0 bridgehead atoms. The van der Waals surface area contributed by atoms with Gasteiger partial charge >= 0.3 is 0 Å². The van der Waals surface area contributed by atoms with Gasteiger partial charge in [-0.25, -0.2) is 4.39 Å². The molecular weight excluding hydrogens is 411 g/mol. The van der Waals surface area contributed by atoms with Crippen LogP contribution in [-0.4, -0.2) is 42.8 Å². The number of methoxy groups -OCH3 is 1. The Hall–Kier alpha value is -1.99. The van der Waals surface area contributed by atoms with Gasteiger partial charge in [-0.05, 0) is 66.5 Å². The van der Waals surface area contributed by atoms with Crippen molar-refractivity contribution < 1.29 is 23.8 Å². The maximum absolute atomic E-state index is 13.1. The van der Waals surface area contributed by atoms with E-state index in [1.807, 2.05) is 6.92 Å². The van der Waals surface area contributed by atoms with Crippen LogP contribution in [0.2, 0.25) is 0 Å². The number of halogens is 1. The van der Waals surface area contributed by atoms with Crippen LogP contribution in [0.3, 0.4) is 0 Å². The van der Waals surface area contributed by atoms with Crippen molar-refractivity contribution in [3.05, 3.63) is 35.6 Å². The van der Waals surface area contributed by atoms with Gasteiger partial charge in [-0.3, -0.25) is 9.59 Å². The van der Waals surface area contributed by atoms with E-state index in [4.69, 9.17) is 4.74 Å². The van der Waals surface area contributed by atoms with Crippen LogP contribution in [0.1, 0.15) is 52.0 Å². The summed E-state index contributed by atoms with van der Waals surface area (Å²) in [4.78, 5) is 24.9. The lowest BCUT2D eigenvalue weighted by Gasteiger charge is -2.56. The molecule has 0 aliphatic heterocycles. The Kier molecular flexibility index (Phi) is 7.93. The molecule has 2 aliphatic rings. The molecule has 0 radical (unpaired) electrons. The maximum atomic E-state index is 13.1. The lowest BCUT2D eigenvalue weighted by molar-refractivity contribution is -0.144. The average Bonchev–Trinajstić information content (AvgIpc) is 2.75. The van der Waals surface area contributed by atoms with Crippen LogP contribution in [0.15, 0.2) is 24.3 Å². The first-order chi connectivity index (χ1) is 15.2. The average molecular weight is 449 g/mol. The molecule has 2 aliphatic carbocycles. The van der Waals surface area contributed by atoms with Gasteiger partial charge in [-0.2, -0.15) is 0 Å². The minimum atomic E-state index is -0.613. The van der Waals surface area contributed by atoms with Crippen molar-refractivity contribution >= 4 is 11.8 Å². The molecule has 0 aromatic heterocycles. The van der Waals surface area contributed by atoms with E-state index in [1.54, 1.807) is 12.1 Å². The van der Waals surface area contributed by atoms with Crippen LogP contribution >= 0.6 is 0 Å². The Morgan fingerprint density at radius 3 is 2.56 bits per heavy atom. The highest BCUT2D eigenvalue weighted by Crippen LogP contribution is 2.55. The van der Waals surface area contributed by atoms with Crippen molar-refractivity contribution in [3.63, 3.8) is 0 Å². The molecular formula is C25H37FN2O4. The summed E-state index contributed by atoms with van der Waals surface area (Å²) >= 11 is 0. The highest BCUT2D eigenvalue weighted by molar-refractivity contribution is 5.78. The molecule has 0 heterocycles. The number of hydrogen-bond donors (Lipinski definition) is 3. The van der Waals surface area contributed by atoms with Crippen molar-refractivity contribution in [3.8, 4) is 0 Å². The molecule has 0 unspecified atom stereocenters. The minimum Gasteiger partial charge on any atom is -0.392 e. The second-order valence-corrected chi connectivity index (χ2v) is 10.0. The van der Waals surface area contributed by atoms with E-state index in [0.29, 0.717) is 6.54 Å². The minimum absolute atomic E-state index is 0.00211. The van der Waals surface area contributed by atoms with Gasteiger partial charge in [0.15, 0.2) is 0 Å². The molecule has 6 nitrogen and oxygen atoms in total. The van der Waals surface area contributed by atoms with Crippen LogP contribution in [0.25, 0.3) is 0 Å². The number of fused-ring (bicyclic) bond motifs is 1. The van der Waals surface area contributed by atoms with E-state index in [0.717, 1.165) is 31.2 Å². The first-order valence-electron chi connectivity index (χ1n) is 11.6. The number of aliphatic hydroxyl groups excluding tert-OH is 1. The molecule has 3 rings (SSSR count). The number of carbonyl (C=O) groups excluding carboxylic acids is 2. The SMILES string of the molecule is COCC(=O)N[C@H]1CC[C@]2(C)CC[C@@H]([C@H](C)C(=O)NCc3ccc(F)cc3)[C@H](O)[C@H]2[C@@H]1C. The second-order valence-electron chi connectivity index (χ2n) is 10.0. The van der Waals surface area contributed by atoms with Crippen LogP contribution < -0.4 is 10.6 Å². The van der Waals surface area contributed by atoms with E-state index >= 15 is 0 Å². The topological polar surface area (TPSA) is 87.7 Å². The van der Waals surface area contributed by atoms with E-state index in [1.165, 1.54) is 19.2 Å². The maximum Gasteiger partial charge on any atom is 0.246 e. The molecule has 0 spiro atoms. The number of benzene rings is 1. The Labute approximate surface area is 190 Å². The van der Waals surface area contributed by atoms with E-state index in [9.17, 15) is 19.1 Å². The van der Waals surface area contributed by atoms with Gasteiger partial charge in [0.2, 0.25) is 11.8 Å². The number of carbonyl (C=O) groups is 2. The van der Waals surface area contributed by atoms with E-state index in [2.05, 4.69) is 24.5 Å². The molecule has 1 aromatic rings. The Balaban J connectivity index is 1.65. The van der Waals surface area contributed by atoms with Crippen molar-refractivity contribution in [2.45, 2.75) is 65.1 Å². The van der Waals surface area contributed by atoms with Crippen molar-refractivity contribution in [1.29, 1.82) is 0 Å². The van der Waals surface area contributed by atoms with Crippen molar-refractivity contribution in [2.75, 3.05) is 13.7 Å². The monoisotopic (exact) mass is 448 g/mol. The molecule has 1 aromatic carbocycles. The summed E-state index contributed by atoms with van der Waals surface area (Å²) in [5.41, 5.74) is 0.835. The third kappa shape index (κ3) is 5.31. The summed E-state index contributed by atoms with van der Waals surface area (Å²) in [5, 5.41) is 17.4.